The highest BCUT2D eigenvalue weighted by atomic mass is 35.5. The maximum atomic E-state index is 6.33. The minimum Gasteiger partial charge on any atom is -0.369 e. The van der Waals surface area contributed by atoms with Gasteiger partial charge in [0.15, 0.2) is 0 Å². The Morgan fingerprint density at radius 2 is 1.95 bits per heavy atom. The van der Waals surface area contributed by atoms with Crippen LogP contribution in [0.5, 0.6) is 0 Å². The summed E-state index contributed by atoms with van der Waals surface area (Å²) in [6.45, 7) is 7.46. The first-order chi connectivity index (χ1) is 9.56. The van der Waals surface area contributed by atoms with Gasteiger partial charge in [-0.1, -0.05) is 43.6 Å². The van der Waals surface area contributed by atoms with Crippen molar-refractivity contribution in [1.82, 2.24) is 5.32 Å². The molecular weight excluding hydrogens is 270 g/mol. The van der Waals surface area contributed by atoms with Gasteiger partial charge >= 0.3 is 0 Å². The first kappa shape index (κ1) is 15.8. The van der Waals surface area contributed by atoms with Gasteiger partial charge in [0, 0.05) is 23.2 Å². The van der Waals surface area contributed by atoms with Crippen LogP contribution in [0.1, 0.15) is 51.7 Å². The van der Waals surface area contributed by atoms with Crippen LogP contribution in [0.4, 0.5) is 0 Å². The van der Waals surface area contributed by atoms with E-state index >= 15 is 0 Å². The van der Waals surface area contributed by atoms with Crippen molar-refractivity contribution in [2.75, 3.05) is 6.54 Å². The lowest BCUT2D eigenvalue weighted by Crippen LogP contribution is -2.28. The van der Waals surface area contributed by atoms with E-state index in [4.69, 9.17) is 16.3 Å². The van der Waals surface area contributed by atoms with E-state index in [9.17, 15) is 0 Å². The Bertz CT molecular complexity index is 417. The second-order valence-electron chi connectivity index (χ2n) is 6.27. The molecule has 1 aromatic rings. The van der Waals surface area contributed by atoms with Crippen molar-refractivity contribution in [3.05, 3.63) is 34.9 Å². The van der Waals surface area contributed by atoms with Gasteiger partial charge in [0.05, 0.1) is 12.2 Å². The maximum absolute atomic E-state index is 6.33. The fourth-order valence-corrected chi connectivity index (χ4v) is 2.79. The summed E-state index contributed by atoms with van der Waals surface area (Å²) >= 11 is 6.33. The van der Waals surface area contributed by atoms with Crippen LogP contribution in [-0.2, 0) is 4.74 Å². The van der Waals surface area contributed by atoms with E-state index in [2.05, 4.69) is 32.2 Å². The number of ether oxygens (including phenoxy) is 1. The third-order valence-corrected chi connectivity index (χ3v) is 3.97. The minimum atomic E-state index is 0.0399. The molecule has 3 heteroatoms. The van der Waals surface area contributed by atoms with Gasteiger partial charge in [-0.15, -0.1) is 0 Å². The molecule has 0 heterocycles. The predicted octanol–water partition coefficient (Wildman–Crippen LogP) is 4.58. The molecule has 112 valence electrons. The summed E-state index contributed by atoms with van der Waals surface area (Å²) in [5.41, 5.74) is 1.10. The summed E-state index contributed by atoms with van der Waals surface area (Å²) in [4.78, 5) is 0. The van der Waals surface area contributed by atoms with Gasteiger partial charge in [0.1, 0.15) is 0 Å². The van der Waals surface area contributed by atoms with E-state index in [-0.39, 0.29) is 12.2 Å². The van der Waals surface area contributed by atoms with Crippen molar-refractivity contribution < 1.29 is 4.74 Å². The van der Waals surface area contributed by atoms with Gasteiger partial charge in [-0.05, 0) is 38.2 Å². The first-order valence-corrected chi connectivity index (χ1v) is 8.07. The molecule has 2 unspecified atom stereocenters. The Morgan fingerprint density at radius 3 is 2.55 bits per heavy atom. The van der Waals surface area contributed by atoms with Crippen LogP contribution < -0.4 is 5.32 Å². The second kappa shape index (κ2) is 7.44. The predicted molar refractivity (Wildman–Crippen MR) is 85.2 cm³/mol. The van der Waals surface area contributed by atoms with E-state index in [1.807, 2.05) is 18.2 Å². The monoisotopic (exact) mass is 295 g/mol. The fourth-order valence-electron chi connectivity index (χ4n) is 2.53. The zero-order chi connectivity index (χ0) is 14.5. The largest absolute Gasteiger partial charge is 0.369 e. The SMILES string of the molecule is CC(C)CC(C)OC(CNC1CC1)c1ccccc1Cl. The third-order valence-electron chi connectivity index (χ3n) is 3.62. The average Bonchev–Trinajstić information content (AvgIpc) is 3.18. The van der Waals surface area contributed by atoms with Gasteiger partial charge in [-0.25, -0.2) is 0 Å². The summed E-state index contributed by atoms with van der Waals surface area (Å²) in [6, 6.07) is 8.70. The Labute approximate surface area is 127 Å². The molecule has 2 atom stereocenters. The van der Waals surface area contributed by atoms with Crippen molar-refractivity contribution in [2.45, 2.75) is 58.3 Å². The summed E-state index contributed by atoms with van der Waals surface area (Å²) in [5, 5.41) is 4.36. The van der Waals surface area contributed by atoms with Gasteiger partial charge in [0.25, 0.3) is 0 Å². The minimum absolute atomic E-state index is 0.0399. The second-order valence-corrected chi connectivity index (χ2v) is 6.68. The number of rotatable bonds is 8. The van der Waals surface area contributed by atoms with Gasteiger partial charge in [-0.3, -0.25) is 0 Å². The molecule has 0 spiro atoms. The zero-order valence-corrected chi connectivity index (χ0v) is 13.5. The molecule has 0 bridgehead atoms. The first-order valence-electron chi connectivity index (χ1n) is 7.69. The molecule has 1 N–H and O–H groups in total. The van der Waals surface area contributed by atoms with Crippen LogP contribution in [0.25, 0.3) is 0 Å². The molecule has 0 aromatic heterocycles. The number of hydrogen-bond donors (Lipinski definition) is 1. The van der Waals surface area contributed by atoms with E-state index in [0.717, 1.165) is 23.6 Å². The molecule has 0 amide bonds. The molecule has 1 aliphatic carbocycles. The highest BCUT2D eigenvalue weighted by Gasteiger charge is 2.24. The average molecular weight is 296 g/mol. The number of nitrogens with one attached hydrogen (secondary N) is 1. The summed E-state index contributed by atoms with van der Waals surface area (Å²) in [5.74, 6) is 0.647. The maximum Gasteiger partial charge on any atom is 0.0967 e. The van der Waals surface area contributed by atoms with Crippen LogP contribution in [-0.4, -0.2) is 18.7 Å². The number of benzene rings is 1. The van der Waals surface area contributed by atoms with Crippen LogP contribution in [0.3, 0.4) is 0 Å². The molecule has 2 nitrogen and oxygen atoms in total. The zero-order valence-electron chi connectivity index (χ0n) is 12.7. The lowest BCUT2D eigenvalue weighted by Gasteiger charge is -2.25. The quantitative estimate of drug-likeness (QED) is 0.758. The van der Waals surface area contributed by atoms with Gasteiger partial charge in [0.2, 0.25) is 0 Å². The Balaban J connectivity index is 2.01. The molecule has 1 saturated carbocycles. The highest BCUT2D eigenvalue weighted by Crippen LogP contribution is 2.28. The Kier molecular flexibility index (Phi) is 5.88. The number of halogens is 1. The smallest absolute Gasteiger partial charge is 0.0967 e. The van der Waals surface area contributed by atoms with Crippen LogP contribution in [0, 0.1) is 5.92 Å². The molecule has 1 aliphatic rings. The molecule has 1 fully saturated rings. The Hall–Kier alpha value is -0.570. The lowest BCUT2D eigenvalue weighted by atomic mass is 10.1. The molecule has 0 aliphatic heterocycles. The van der Waals surface area contributed by atoms with Crippen molar-refractivity contribution in [2.24, 2.45) is 5.92 Å². The van der Waals surface area contributed by atoms with E-state index in [1.54, 1.807) is 0 Å². The topological polar surface area (TPSA) is 21.3 Å². The number of hydrogen-bond acceptors (Lipinski definition) is 2. The van der Waals surface area contributed by atoms with Crippen molar-refractivity contribution >= 4 is 11.6 Å². The highest BCUT2D eigenvalue weighted by molar-refractivity contribution is 6.31. The van der Waals surface area contributed by atoms with E-state index in [0.29, 0.717) is 12.0 Å². The molecule has 1 aromatic carbocycles. The van der Waals surface area contributed by atoms with E-state index in [1.165, 1.54) is 12.8 Å². The molecule has 0 radical (unpaired) electrons. The van der Waals surface area contributed by atoms with Crippen LogP contribution in [0.2, 0.25) is 5.02 Å². The summed E-state index contributed by atoms with van der Waals surface area (Å²) in [6.07, 6.45) is 3.94. The summed E-state index contributed by atoms with van der Waals surface area (Å²) in [7, 11) is 0. The summed E-state index contributed by atoms with van der Waals surface area (Å²) < 4.78 is 6.26. The van der Waals surface area contributed by atoms with E-state index < -0.39 is 0 Å². The van der Waals surface area contributed by atoms with Crippen molar-refractivity contribution in [3.8, 4) is 0 Å². The molecule has 0 saturated heterocycles. The fraction of sp³-hybridized carbons (Fsp3) is 0.647. The normalized spacial score (nSPS) is 18.2. The van der Waals surface area contributed by atoms with Crippen LogP contribution in [0.15, 0.2) is 24.3 Å². The Morgan fingerprint density at radius 1 is 1.25 bits per heavy atom. The third kappa shape index (κ3) is 5.08. The van der Waals surface area contributed by atoms with Gasteiger partial charge in [-0.2, -0.15) is 0 Å². The standard InChI is InChI=1S/C17H26ClNO/c1-12(2)10-13(3)20-17(11-19-14-8-9-14)15-6-4-5-7-16(15)18/h4-7,12-14,17,19H,8-11H2,1-3H3. The van der Waals surface area contributed by atoms with Gasteiger partial charge < -0.3 is 10.1 Å². The molecule has 2 rings (SSSR count). The lowest BCUT2D eigenvalue weighted by molar-refractivity contribution is -0.0127. The van der Waals surface area contributed by atoms with Crippen molar-refractivity contribution in [1.29, 1.82) is 0 Å². The molecular formula is C17H26ClNO. The van der Waals surface area contributed by atoms with Crippen molar-refractivity contribution in [3.63, 3.8) is 0 Å². The molecule has 20 heavy (non-hydrogen) atoms. The van der Waals surface area contributed by atoms with Crippen LogP contribution >= 0.6 is 11.6 Å².